The number of alkyl carbamates (subject to hydrolysis) is 1. The fourth-order valence-corrected chi connectivity index (χ4v) is 5.10. The topological polar surface area (TPSA) is 90.3 Å². The van der Waals surface area contributed by atoms with Crippen LogP contribution in [0.2, 0.25) is 5.02 Å². The Hall–Kier alpha value is -3.45. The smallest absolute Gasteiger partial charge is 0.407 e. The van der Waals surface area contributed by atoms with Gasteiger partial charge in [-0.15, -0.1) is 0 Å². The lowest BCUT2D eigenvalue weighted by molar-refractivity contribution is 0.0503. The maximum atomic E-state index is 13.0. The molecule has 3 atom stereocenters. The van der Waals surface area contributed by atoms with Crippen LogP contribution in [0.25, 0.3) is 0 Å². The zero-order valence-electron chi connectivity index (χ0n) is 21.3. The fraction of sp³-hybridized carbons (Fsp3) is 0.379. The number of aromatic nitrogens is 2. The summed E-state index contributed by atoms with van der Waals surface area (Å²) >= 11 is 6.25. The molecule has 1 heterocycles. The van der Waals surface area contributed by atoms with E-state index in [1.165, 1.54) is 16.8 Å². The van der Waals surface area contributed by atoms with Gasteiger partial charge in [0.05, 0.1) is 6.04 Å². The second-order valence-electron chi connectivity index (χ2n) is 10.5. The van der Waals surface area contributed by atoms with Crippen LogP contribution < -0.4 is 10.9 Å². The van der Waals surface area contributed by atoms with E-state index in [1.807, 2.05) is 45.0 Å². The summed E-state index contributed by atoms with van der Waals surface area (Å²) in [4.78, 5) is 38.4. The van der Waals surface area contributed by atoms with Crippen LogP contribution in [0.15, 0.2) is 71.5 Å². The molecule has 1 N–H and O–H groups in total. The molecule has 3 unspecified atom stereocenters. The number of carbonyl (C=O) groups is 2. The molecule has 4 rings (SSSR count). The molecular weight excluding hydrogens is 490 g/mol. The third-order valence-electron chi connectivity index (χ3n) is 6.58. The summed E-state index contributed by atoms with van der Waals surface area (Å²) in [6, 6.07) is 19.2. The van der Waals surface area contributed by atoms with Gasteiger partial charge in [-0.3, -0.25) is 9.59 Å². The Morgan fingerprint density at radius 1 is 1.05 bits per heavy atom. The van der Waals surface area contributed by atoms with Crippen LogP contribution in [0.5, 0.6) is 0 Å². The Morgan fingerprint density at radius 2 is 1.81 bits per heavy atom. The van der Waals surface area contributed by atoms with Gasteiger partial charge in [0.25, 0.3) is 5.56 Å². The quantitative estimate of drug-likeness (QED) is 0.415. The van der Waals surface area contributed by atoms with Crippen LogP contribution in [0.1, 0.15) is 73.6 Å². The first-order valence-corrected chi connectivity index (χ1v) is 12.9. The normalized spacial score (nSPS) is 19.7. The minimum Gasteiger partial charge on any atom is -0.444 e. The highest BCUT2D eigenvalue weighted by Crippen LogP contribution is 2.41. The van der Waals surface area contributed by atoms with E-state index in [4.69, 9.17) is 16.3 Å². The summed E-state index contributed by atoms with van der Waals surface area (Å²) in [6.45, 7) is 5.74. The summed E-state index contributed by atoms with van der Waals surface area (Å²) in [5, 5.41) is 8.06. The number of nitrogens with one attached hydrogen (secondary N) is 1. The van der Waals surface area contributed by atoms with Gasteiger partial charge in [-0.05, 0) is 75.6 Å². The number of ketones is 1. The number of hydrogen-bond acceptors (Lipinski definition) is 5. The van der Waals surface area contributed by atoms with E-state index in [2.05, 4.69) is 16.5 Å². The number of benzene rings is 2. The maximum Gasteiger partial charge on any atom is 0.407 e. The van der Waals surface area contributed by atoms with Gasteiger partial charge in [-0.1, -0.05) is 54.1 Å². The summed E-state index contributed by atoms with van der Waals surface area (Å²) in [7, 11) is 0. The molecular formula is C29H32ClN3O4. The van der Waals surface area contributed by atoms with Gasteiger partial charge in [0.15, 0.2) is 0 Å². The second-order valence-corrected chi connectivity index (χ2v) is 10.9. The minimum absolute atomic E-state index is 0.113. The van der Waals surface area contributed by atoms with Gasteiger partial charge in [0.1, 0.15) is 11.3 Å². The molecule has 1 fully saturated rings. The first-order chi connectivity index (χ1) is 17.6. The number of nitrogens with zero attached hydrogens (tertiary/aromatic N) is 2. The van der Waals surface area contributed by atoms with Crippen LogP contribution >= 0.6 is 11.6 Å². The predicted molar refractivity (Wildman–Crippen MR) is 143 cm³/mol. The van der Waals surface area contributed by atoms with Gasteiger partial charge in [-0.2, -0.15) is 5.10 Å². The third kappa shape index (κ3) is 6.86. The van der Waals surface area contributed by atoms with Gasteiger partial charge in [0.2, 0.25) is 5.78 Å². The highest BCUT2D eigenvalue weighted by atomic mass is 35.5. The van der Waals surface area contributed by atoms with E-state index in [1.54, 1.807) is 24.3 Å². The van der Waals surface area contributed by atoms with Crippen LogP contribution in [-0.2, 0) is 4.74 Å². The Balaban J connectivity index is 1.62. The van der Waals surface area contributed by atoms with E-state index in [0.717, 1.165) is 12.0 Å². The molecule has 0 saturated heterocycles. The lowest BCUT2D eigenvalue weighted by atomic mass is 9.75. The zero-order valence-corrected chi connectivity index (χ0v) is 22.1. The first-order valence-electron chi connectivity index (χ1n) is 12.5. The SMILES string of the molecule is CC(C)(C)OC(=O)NCC1CC(c2cccc(Cl)c2)CCC1n1nc(C(=O)c2ccccc2)ccc1=O. The fourth-order valence-electron chi connectivity index (χ4n) is 4.90. The van der Waals surface area contributed by atoms with Gasteiger partial charge in [-0.25, -0.2) is 9.48 Å². The van der Waals surface area contributed by atoms with Crippen LogP contribution in [0, 0.1) is 5.92 Å². The second kappa shape index (κ2) is 11.3. The van der Waals surface area contributed by atoms with Crippen molar-refractivity contribution >= 4 is 23.5 Å². The summed E-state index contributed by atoms with van der Waals surface area (Å²) < 4.78 is 6.85. The van der Waals surface area contributed by atoms with Crippen molar-refractivity contribution in [1.82, 2.24) is 15.1 Å². The average Bonchev–Trinajstić information content (AvgIpc) is 2.87. The number of rotatable bonds is 6. The molecule has 1 aromatic heterocycles. The van der Waals surface area contributed by atoms with Gasteiger partial charge < -0.3 is 10.1 Å². The molecule has 194 valence electrons. The van der Waals surface area contributed by atoms with Crippen molar-refractivity contribution in [2.24, 2.45) is 5.92 Å². The monoisotopic (exact) mass is 521 g/mol. The largest absolute Gasteiger partial charge is 0.444 e. The molecule has 0 aliphatic heterocycles. The minimum atomic E-state index is -0.621. The van der Waals surface area contributed by atoms with Gasteiger partial charge in [0, 0.05) is 23.2 Å². The molecule has 7 nitrogen and oxygen atoms in total. The molecule has 2 aromatic carbocycles. The van der Waals surface area contributed by atoms with Crippen molar-refractivity contribution in [1.29, 1.82) is 0 Å². The zero-order chi connectivity index (χ0) is 26.6. The molecule has 8 heteroatoms. The summed E-state index contributed by atoms with van der Waals surface area (Å²) in [6.07, 6.45) is 1.68. The number of hydrogen-bond donors (Lipinski definition) is 1. The maximum absolute atomic E-state index is 13.0. The third-order valence-corrected chi connectivity index (χ3v) is 6.81. The van der Waals surface area contributed by atoms with Crippen LogP contribution in [0.4, 0.5) is 4.79 Å². The molecule has 1 saturated carbocycles. The van der Waals surface area contributed by atoms with E-state index in [-0.39, 0.29) is 34.9 Å². The van der Waals surface area contributed by atoms with Crippen molar-refractivity contribution in [3.8, 4) is 0 Å². The molecule has 0 spiro atoms. The standard InChI is InChI=1S/C29H32ClN3O4/c1-29(2,3)37-28(36)31-18-22-16-21(20-10-7-11-23(30)17-20)12-14-25(22)33-26(34)15-13-24(32-33)27(35)19-8-5-4-6-9-19/h4-11,13,15,17,21-22,25H,12,14,16,18H2,1-3H3,(H,31,36). The highest BCUT2D eigenvalue weighted by Gasteiger charge is 2.34. The van der Waals surface area contributed by atoms with Crippen molar-refractivity contribution in [3.63, 3.8) is 0 Å². The number of amides is 1. The molecule has 37 heavy (non-hydrogen) atoms. The Morgan fingerprint density at radius 3 is 2.51 bits per heavy atom. The predicted octanol–water partition coefficient (Wildman–Crippen LogP) is 5.78. The van der Waals surface area contributed by atoms with E-state index < -0.39 is 11.7 Å². The molecule has 1 amide bonds. The van der Waals surface area contributed by atoms with Crippen LogP contribution in [0.3, 0.4) is 0 Å². The molecule has 0 bridgehead atoms. The van der Waals surface area contributed by atoms with Gasteiger partial charge >= 0.3 is 6.09 Å². The van der Waals surface area contributed by atoms with Crippen molar-refractivity contribution in [2.45, 2.75) is 57.6 Å². The molecule has 3 aromatic rings. The number of ether oxygens (including phenoxy) is 1. The number of carbonyl (C=O) groups excluding carboxylic acids is 2. The summed E-state index contributed by atoms with van der Waals surface area (Å²) in [5.74, 6) is -0.145. The molecule has 0 radical (unpaired) electrons. The van der Waals surface area contributed by atoms with E-state index in [0.29, 0.717) is 30.0 Å². The van der Waals surface area contributed by atoms with E-state index >= 15 is 0 Å². The first kappa shape index (κ1) is 26.6. The average molecular weight is 522 g/mol. The molecule has 1 aliphatic rings. The lowest BCUT2D eigenvalue weighted by Crippen LogP contribution is -2.42. The van der Waals surface area contributed by atoms with Crippen molar-refractivity contribution < 1.29 is 14.3 Å². The highest BCUT2D eigenvalue weighted by molar-refractivity contribution is 6.30. The van der Waals surface area contributed by atoms with Crippen molar-refractivity contribution in [3.05, 3.63) is 98.9 Å². The van der Waals surface area contributed by atoms with Crippen molar-refractivity contribution in [2.75, 3.05) is 6.54 Å². The summed E-state index contributed by atoms with van der Waals surface area (Å²) in [5.41, 5.74) is 0.943. The van der Waals surface area contributed by atoms with E-state index in [9.17, 15) is 14.4 Å². The molecule has 1 aliphatic carbocycles. The number of halogens is 1. The lowest BCUT2D eigenvalue weighted by Gasteiger charge is -2.37. The Bertz CT molecular complexity index is 1320. The Kier molecular flexibility index (Phi) is 8.13. The Labute approximate surface area is 221 Å². The van der Waals surface area contributed by atoms with Crippen LogP contribution in [-0.4, -0.2) is 33.8 Å².